The first-order chi connectivity index (χ1) is 8.24. The Kier molecular flexibility index (Phi) is 3.30. The number of morpholine rings is 1. The van der Waals surface area contributed by atoms with Crippen LogP contribution in [0.5, 0.6) is 0 Å². The van der Waals surface area contributed by atoms with Gasteiger partial charge in [-0.25, -0.2) is 4.98 Å². The molecule has 2 atom stereocenters. The molecule has 92 valence electrons. The molecule has 2 saturated heterocycles. The van der Waals surface area contributed by atoms with Gasteiger partial charge < -0.3 is 9.72 Å². The minimum Gasteiger partial charge on any atom is -0.367 e. The monoisotopic (exact) mass is 315 g/mol. The predicted molar refractivity (Wildman–Crippen MR) is 70.4 cm³/mol. The highest BCUT2D eigenvalue weighted by Gasteiger charge is 2.33. The molecule has 6 heteroatoms. The first-order valence-corrected chi connectivity index (χ1v) is 7.04. The zero-order valence-electron chi connectivity index (χ0n) is 9.36. The molecule has 3 heterocycles. The van der Waals surface area contributed by atoms with E-state index in [-0.39, 0.29) is 6.10 Å². The van der Waals surface area contributed by atoms with E-state index >= 15 is 0 Å². The number of rotatable bonds is 1. The summed E-state index contributed by atoms with van der Waals surface area (Å²) in [6.07, 6.45) is 4.31. The molecule has 0 amide bonds. The highest BCUT2D eigenvalue weighted by Crippen LogP contribution is 2.28. The molecule has 0 saturated carbocycles. The summed E-state index contributed by atoms with van der Waals surface area (Å²) in [7, 11) is 0. The van der Waals surface area contributed by atoms with Gasteiger partial charge in [0.05, 0.1) is 11.1 Å². The third-order valence-corrected chi connectivity index (χ3v) is 4.66. The zero-order valence-corrected chi connectivity index (χ0v) is 11.8. The Morgan fingerprint density at radius 3 is 3.29 bits per heavy atom. The molecular formula is C11H14BrN3OS. The summed E-state index contributed by atoms with van der Waals surface area (Å²) in [5.74, 6) is 0.837. The predicted octanol–water partition coefficient (Wildman–Crippen LogP) is 2.44. The topological polar surface area (TPSA) is 41.2 Å². The molecule has 2 aliphatic heterocycles. The third kappa shape index (κ3) is 2.31. The van der Waals surface area contributed by atoms with E-state index in [1.165, 1.54) is 19.4 Å². The number of hydrogen-bond acceptors (Lipinski definition) is 4. The van der Waals surface area contributed by atoms with Crippen molar-refractivity contribution in [3.8, 4) is 0 Å². The summed E-state index contributed by atoms with van der Waals surface area (Å²) >= 11 is 8.54. The van der Waals surface area contributed by atoms with Gasteiger partial charge in [-0.1, -0.05) is 12.2 Å². The number of H-pyrrole nitrogens is 1. The normalized spacial score (nSPS) is 29.2. The van der Waals surface area contributed by atoms with Crippen molar-refractivity contribution in [3.63, 3.8) is 0 Å². The van der Waals surface area contributed by atoms with Gasteiger partial charge in [0.15, 0.2) is 0 Å². The van der Waals surface area contributed by atoms with Gasteiger partial charge in [-0.15, -0.1) is 0 Å². The Labute approximate surface area is 114 Å². The van der Waals surface area contributed by atoms with Crippen molar-refractivity contribution < 1.29 is 4.74 Å². The Balaban J connectivity index is 1.80. The smallest absolute Gasteiger partial charge is 0.137 e. The quantitative estimate of drug-likeness (QED) is 0.808. The van der Waals surface area contributed by atoms with Crippen LogP contribution in [0.25, 0.3) is 0 Å². The van der Waals surface area contributed by atoms with Crippen molar-refractivity contribution in [1.82, 2.24) is 14.9 Å². The number of aromatic nitrogens is 2. The van der Waals surface area contributed by atoms with Gasteiger partial charge in [-0.05, 0) is 35.3 Å². The van der Waals surface area contributed by atoms with Crippen molar-refractivity contribution >= 4 is 28.1 Å². The van der Waals surface area contributed by atoms with Crippen LogP contribution in [0.2, 0.25) is 0 Å². The average Bonchev–Trinajstić information content (AvgIpc) is 2.79. The molecule has 2 aliphatic rings. The highest BCUT2D eigenvalue weighted by molar-refractivity contribution is 9.10. The van der Waals surface area contributed by atoms with Crippen molar-refractivity contribution in [2.24, 2.45) is 0 Å². The Morgan fingerprint density at radius 1 is 1.59 bits per heavy atom. The Morgan fingerprint density at radius 2 is 2.47 bits per heavy atom. The van der Waals surface area contributed by atoms with Gasteiger partial charge in [0.2, 0.25) is 0 Å². The number of nitrogens with one attached hydrogen (secondary N) is 1. The molecule has 0 bridgehead atoms. The SMILES string of the molecule is S=c1[nH]c(C2CN3CCCC3CO2)ncc1Br. The highest BCUT2D eigenvalue weighted by atomic mass is 79.9. The van der Waals surface area contributed by atoms with Crippen LogP contribution >= 0.6 is 28.1 Å². The van der Waals surface area contributed by atoms with Crippen molar-refractivity contribution in [2.45, 2.75) is 25.0 Å². The second-order valence-corrected chi connectivity index (χ2v) is 5.82. The molecule has 0 aromatic carbocycles. The lowest BCUT2D eigenvalue weighted by Crippen LogP contribution is -2.42. The van der Waals surface area contributed by atoms with Gasteiger partial charge in [0.25, 0.3) is 0 Å². The zero-order chi connectivity index (χ0) is 11.8. The van der Waals surface area contributed by atoms with E-state index in [9.17, 15) is 0 Å². The standard InChI is InChI=1S/C11H14BrN3OS/c12-8-4-13-10(14-11(8)17)9-5-15-3-1-2-7(15)6-16-9/h4,7,9H,1-3,5-6H2,(H,13,14,17). The molecule has 1 N–H and O–H groups in total. The first-order valence-electron chi connectivity index (χ1n) is 5.84. The van der Waals surface area contributed by atoms with Crippen LogP contribution in [-0.2, 0) is 4.74 Å². The lowest BCUT2D eigenvalue weighted by molar-refractivity contribution is -0.0541. The molecular weight excluding hydrogens is 302 g/mol. The van der Waals surface area contributed by atoms with E-state index in [0.29, 0.717) is 10.7 Å². The van der Waals surface area contributed by atoms with Gasteiger partial charge in [0.1, 0.15) is 16.6 Å². The molecule has 0 spiro atoms. The minimum atomic E-state index is 0.0270. The summed E-state index contributed by atoms with van der Waals surface area (Å²) in [6.45, 7) is 2.91. The number of nitrogens with zero attached hydrogens (tertiary/aromatic N) is 2. The second kappa shape index (κ2) is 4.76. The number of hydrogen-bond donors (Lipinski definition) is 1. The van der Waals surface area contributed by atoms with Crippen LogP contribution in [0, 0.1) is 4.64 Å². The molecule has 0 radical (unpaired) electrons. The maximum atomic E-state index is 5.88. The van der Waals surface area contributed by atoms with E-state index in [1.807, 2.05) is 0 Å². The van der Waals surface area contributed by atoms with Gasteiger partial charge >= 0.3 is 0 Å². The van der Waals surface area contributed by atoms with E-state index < -0.39 is 0 Å². The van der Waals surface area contributed by atoms with E-state index in [4.69, 9.17) is 17.0 Å². The summed E-state index contributed by atoms with van der Waals surface area (Å²) < 4.78 is 7.38. The largest absolute Gasteiger partial charge is 0.367 e. The minimum absolute atomic E-state index is 0.0270. The number of aromatic amines is 1. The molecule has 1 aromatic heterocycles. The number of fused-ring (bicyclic) bond motifs is 1. The van der Waals surface area contributed by atoms with Gasteiger partial charge in [-0.2, -0.15) is 0 Å². The fourth-order valence-corrected chi connectivity index (χ4v) is 2.90. The van der Waals surface area contributed by atoms with Gasteiger partial charge in [-0.3, -0.25) is 4.90 Å². The molecule has 2 unspecified atom stereocenters. The van der Waals surface area contributed by atoms with Gasteiger partial charge in [0, 0.05) is 18.8 Å². The first kappa shape index (κ1) is 11.8. The molecule has 4 nitrogen and oxygen atoms in total. The summed E-state index contributed by atoms with van der Waals surface area (Å²) in [6, 6.07) is 0.615. The summed E-state index contributed by atoms with van der Waals surface area (Å²) in [5.41, 5.74) is 0. The molecule has 17 heavy (non-hydrogen) atoms. The van der Waals surface area contributed by atoms with Crippen LogP contribution in [-0.4, -0.2) is 40.6 Å². The average molecular weight is 316 g/mol. The molecule has 2 fully saturated rings. The van der Waals surface area contributed by atoms with Crippen LogP contribution in [0.1, 0.15) is 24.8 Å². The van der Waals surface area contributed by atoms with Crippen LogP contribution in [0.15, 0.2) is 10.7 Å². The van der Waals surface area contributed by atoms with E-state index in [1.54, 1.807) is 6.20 Å². The van der Waals surface area contributed by atoms with E-state index in [0.717, 1.165) is 23.4 Å². The molecule has 1 aromatic rings. The number of halogens is 1. The number of ether oxygens (including phenoxy) is 1. The van der Waals surface area contributed by atoms with Crippen LogP contribution in [0.4, 0.5) is 0 Å². The third-order valence-electron chi connectivity index (χ3n) is 3.47. The van der Waals surface area contributed by atoms with Crippen LogP contribution < -0.4 is 0 Å². The summed E-state index contributed by atoms with van der Waals surface area (Å²) in [4.78, 5) is 9.98. The fraction of sp³-hybridized carbons (Fsp3) is 0.636. The second-order valence-electron chi connectivity index (χ2n) is 4.56. The van der Waals surface area contributed by atoms with E-state index in [2.05, 4.69) is 30.8 Å². The Bertz CT molecular complexity index is 478. The van der Waals surface area contributed by atoms with Crippen molar-refractivity contribution in [2.75, 3.05) is 19.7 Å². The van der Waals surface area contributed by atoms with Crippen LogP contribution in [0.3, 0.4) is 0 Å². The fourth-order valence-electron chi connectivity index (χ4n) is 2.54. The lowest BCUT2D eigenvalue weighted by Gasteiger charge is -2.34. The molecule has 3 rings (SSSR count). The van der Waals surface area contributed by atoms with Crippen molar-refractivity contribution in [3.05, 3.63) is 21.1 Å². The van der Waals surface area contributed by atoms with Crippen molar-refractivity contribution in [1.29, 1.82) is 0 Å². The Hall–Kier alpha value is -0.300. The maximum Gasteiger partial charge on any atom is 0.137 e. The summed E-state index contributed by atoms with van der Waals surface area (Å²) in [5, 5.41) is 0. The molecule has 0 aliphatic carbocycles. The maximum absolute atomic E-state index is 5.88. The lowest BCUT2D eigenvalue weighted by atomic mass is 10.2.